The summed E-state index contributed by atoms with van der Waals surface area (Å²) >= 11 is 0. The average molecular weight is 359 g/mol. The molecular weight excluding hydrogens is 335 g/mol. The Morgan fingerprint density at radius 2 is 2.00 bits per heavy atom. The van der Waals surface area contributed by atoms with Crippen LogP contribution in [0.1, 0.15) is 31.7 Å². The molecule has 0 saturated carbocycles. The number of hydrogen-bond acceptors (Lipinski definition) is 4. The number of piperidine rings is 1. The minimum absolute atomic E-state index is 0.0161. The summed E-state index contributed by atoms with van der Waals surface area (Å²) in [7, 11) is 0. The van der Waals surface area contributed by atoms with Crippen molar-refractivity contribution >= 4 is 5.97 Å². The van der Waals surface area contributed by atoms with Gasteiger partial charge in [-0.15, -0.1) is 0 Å². The van der Waals surface area contributed by atoms with Gasteiger partial charge in [-0.2, -0.15) is 13.2 Å². The molecule has 140 valence electrons. The van der Waals surface area contributed by atoms with Crippen LogP contribution >= 0.6 is 0 Å². The number of carbonyl (C=O) groups is 1. The van der Waals surface area contributed by atoms with E-state index >= 15 is 0 Å². The van der Waals surface area contributed by atoms with Crippen molar-refractivity contribution in [2.75, 3.05) is 32.8 Å². The lowest BCUT2D eigenvalue weighted by Gasteiger charge is -2.30. The van der Waals surface area contributed by atoms with Crippen molar-refractivity contribution in [2.45, 2.75) is 32.4 Å². The van der Waals surface area contributed by atoms with Gasteiger partial charge in [0.1, 0.15) is 5.75 Å². The molecule has 0 aromatic heterocycles. The van der Waals surface area contributed by atoms with Crippen LogP contribution < -0.4 is 4.74 Å². The number of nitrogens with zero attached hydrogens (tertiary/aromatic N) is 1. The second kappa shape index (κ2) is 9.08. The first-order chi connectivity index (χ1) is 11.9. The van der Waals surface area contributed by atoms with Crippen LogP contribution in [-0.4, -0.2) is 43.7 Å². The molecule has 1 heterocycles. The number of halogens is 3. The molecule has 25 heavy (non-hydrogen) atoms. The Hall–Kier alpha value is -1.76. The monoisotopic (exact) mass is 359 g/mol. The first-order valence-electron chi connectivity index (χ1n) is 8.59. The molecule has 1 aliphatic rings. The predicted molar refractivity (Wildman–Crippen MR) is 87.4 cm³/mol. The Labute approximate surface area is 145 Å². The van der Waals surface area contributed by atoms with E-state index in [2.05, 4.69) is 4.90 Å². The minimum Gasteiger partial charge on any atom is -0.494 e. The average Bonchev–Trinajstić information content (AvgIpc) is 2.59. The van der Waals surface area contributed by atoms with Gasteiger partial charge in [-0.1, -0.05) is 6.07 Å². The third-order valence-electron chi connectivity index (χ3n) is 4.26. The minimum atomic E-state index is -4.36. The molecule has 1 saturated heterocycles. The topological polar surface area (TPSA) is 38.8 Å². The Balaban J connectivity index is 1.67. The Morgan fingerprint density at radius 3 is 2.64 bits per heavy atom. The smallest absolute Gasteiger partial charge is 0.416 e. The number of alkyl halides is 3. The van der Waals surface area contributed by atoms with Gasteiger partial charge in [-0.3, -0.25) is 4.79 Å². The summed E-state index contributed by atoms with van der Waals surface area (Å²) in [6, 6.07) is 4.92. The predicted octanol–water partition coefficient (Wildman–Crippen LogP) is 3.75. The largest absolute Gasteiger partial charge is 0.494 e. The second-order valence-corrected chi connectivity index (χ2v) is 6.10. The van der Waals surface area contributed by atoms with Crippen LogP contribution in [0.4, 0.5) is 13.2 Å². The molecule has 0 amide bonds. The molecule has 0 spiro atoms. The van der Waals surface area contributed by atoms with E-state index in [1.807, 2.05) is 0 Å². The van der Waals surface area contributed by atoms with Gasteiger partial charge in [0.15, 0.2) is 0 Å². The van der Waals surface area contributed by atoms with Gasteiger partial charge in [-0.25, -0.2) is 0 Å². The van der Waals surface area contributed by atoms with Crippen LogP contribution in [0.3, 0.4) is 0 Å². The van der Waals surface area contributed by atoms with Gasteiger partial charge in [-0.05, 0) is 57.5 Å². The van der Waals surface area contributed by atoms with Crippen molar-refractivity contribution in [1.82, 2.24) is 4.90 Å². The van der Waals surface area contributed by atoms with Crippen molar-refractivity contribution in [3.8, 4) is 5.75 Å². The van der Waals surface area contributed by atoms with Crippen LogP contribution in [-0.2, 0) is 15.7 Å². The summed E-state index contributed by atoms with van der Waals surface area (Å²) in [5, 5.41) is 0. The lowest BCUT2D eigenvalue weighted by Crippen LogP contribution is -2.37. The fraction of sp³-hybridized carbons (Fsp3) is 0.611. The van der Waals surface area contributed by atoms with E-state index < -0.39 is 11.7 Å². The molecule has 4 nitrogen and oxygen atoms in total. The van der Waals surface area contributed by atoms with Crippen molar-refractivity contribution in [3.05, 3.63) is 29.8 Å². The third kappa shape index (κ3) is 6.23. The van der Waals surface area contributed by atoms with Gasteiger partial charge < -0.3 is 14.4 Å². The van der Waals surface area contributed by atoms with Gasteiger partial charge >= 0.3 is 12.1 Å². The van der Waals surface area contributed by atoms with Gasteiger partial charge in [0.25, 0.3) is 0 Å². The maximum atomic E-state index is 12.6. The summed E-state index contributed by atoms with van der Waals surface area (Å²) in [4.78, 5) is 13.9. The molecule has 0 N–H and O–H groups in total. The maximum absolute atomic E-state index is 12.6. The molecule has 0 radical (unpaired) electrons. The zero-order valence-electron chi connectivity index (χ0n) is 14.3. The summed E-state index contributed by atoms with van der Waals surface area (Å²) in [5.41, 5.74) is -0.703. The van der Waals surface area contributed by atoms with Crippen LogP contribution in [0.5, 0.6) is 5.75 Å². The maximum Gasteiger partial charge on any atom is 0.416 e. The van der Waals surface area contributed by atoms with E-state index in [1.165, 1.54) is 12.1 Å². The van der Waals surface area contributed by atoms with Crippen molar-refractivity contribution in [1.29, 1.82) is 0 Å². The van der Waals surface area contributed by atoms with E-state index in [0.29, 0.717) is 13.2 Å². The Kier molecular flexibility index (Phi) is 7.11. The van der Waals surface area contributed by atoms with E-state index in [1.54, 1.807) is 6.92 Å². The van der Waals surface area contributed by atoms with Crippen molar-refractivity contribution in [2.24, 2.45) is 5.92 Å². The fourth-order valence-corrected chi connectivity index (χ4v) is 2.89. The third-order valence-corrected chi connectivity index (χ3v) is 4.26. The van der Waals surface area contributed by atoms with Gasteiger partial charge in [0.05, 0.1) is 24.7 Å². The highest BCUT2D eigenvalue weighted by Crippen LogP contribution is 2.31. The number of likely N-dealkylation sites (tertiary alicyclic amines) is 1. The van der Waals surface area contributed by atoms with Crippen molar-refractivity contribution in [3.63, 3.8) is 0 Å². The first kappa shape index (κ1) is 19.6. The van der Waals surface area contributed by atoms with Crippen LogP contribution in [0.15, 0.2) is 24.3 Å². The van der Waals surface area contributed by atoms with Crippen LogP contribution in [0.25, 0.3) is 0 Å². The SMILES string of the molecule is CCOC(=O)C1CCN(CCCOc2cccc(C(F)(F)F)c2)CC1. The highest BCUT2D eigenvalue weighted by molar-refractivity contribution is 5.72. The standard InChI is InChI=1S/C18H24F3NO3/c1-2-24-17(23)14-7-10-22(11-8-14)9-4-12-25-16-6-3-5-15(13-16)18(19,20)21/h3,5-6,13-14H,2,4,7-12H2,1H3. The molecule has 7 heteroatoms. The Morgan fingerprint density at radius 1 is 1.28 bits per heavy atom. The van der Waals surface area contributed by atoms with E-state index in [-0.39, 0.29) is 17.6 Å². The van der Waals surface area contributed by atoms with E-state index in [4.69, 9.17) is 9.47 Å². The normalized spacial score (nSPS) is 16.6. The molecule has 1 aromatic carbocycles. The highest BCUT2D eigenvalue weighted by atomic mass is 19.4. The molecule has 0 bridgehead atoms. The zero-order chi connectivity index (χ0) is 18.3. The highest BCUT2D eigenvalue weighted by Gasteiger charge is 2.30. The van der Waals surface area contributed by atoms with E-state index in [9.17, 15) is 18.0 Å². The zero-order valence-corrected chi connectivity index (χ0v) is 14.3. The molecule has 1 fully saturated rings. The number of rotatable bonds is 7. The number of carbonyl (C=O) groups excluding carboxylic acids is 1. The van der Waals surface area contributed by atoms with Gasteiger partial charge in [0.2, 0.25) is 0 Å². The summed E-state index contributed by atoms with van der Waals surface area (Å²) in [5.74, 6) is 0.100. The van der Waals surface area contributed by atoms with E-state index in [0.717, 1.165) is 51.0 Å². The summed E-state index contributed by atoms with van der Waals surface area (Å²) < 4.78 is 48.4. The number of ether oxygens (including phenoxy) is 2. The molecule has 0 atom stereocenters. The Bertz CT molecular complexity index is 555. The van der Waals surface area contributed by atoms with Gasteiger partial charge in [0, 0.05) is 6.54 Å². The molecule has 0 unspecified atom stereocenters. The first-order valence-corrected chi connectivity index (χ1v) is 8.59. The molecule has 2 rings (SSSR count). The quantitative estimate of drug-likeness (QED) is 0.549. The fourth-order valence-electron chi connectivity index (χ4n) is 2.89. The van der Waals surface area contributed by atoms with Crippen LogP contribution in [0, 0.1) is 5.92 Å². The van der Waals surface area contributed by atoms with Crippen LogP contribution in [0.2, 0.25) is 0 Å². The van der Waals surface area contributed by atoms with Crippen molar-refractivity contribution < 1.29 is 27.4 Å². The number of hydrogen-bond donors (Lipinski definition) is 0. The summed E-state index contributed by atoms with van der Waals surface area (Å²) in [6.07, 6.45) is -2.07. The molecular formula is C18H24F3NO3. The lowest BCUT2D eigenvalue weighted by atomic mass is 9.97. The lowest BCUT2D eigenvalue weighted by molar-refractivity contribution is -0.149. The second-order valence-electron chi connectivity index (χ2n) is 6.10. The summed E-state index contributed by atoms with van der Waals surface area (Å²) in [6.45, 7) is 5.02. The number of esters is 1. The molecule has 1 aliphatic heterocycles. The number of benzene rings is 1. The molecule has 1 aromatic rings. The molecule has 0 aliphatic carbocycles.